The fraction of sp³-hybridized carbons (Fsp3) is 0.391. The Labute approximate surface area is 178 Å². The highest BCUT2D eigenvalue weighted by Gasteiger charge is 2.41. The highest BCUT2D eigenvalue weighted by Crippen LogP contribution is 2.39. The second-order valence-corrected chi connectivity index (χ2v) is 10.0. The van der Waals surface area contributed by atoms with E-state index in [1.54, 1.807) is 0 Å². The van der Waals surface area contributed by atoms with Crippen molar-refractivity contribution >= 4 is 10.0 Å². The number of sulfonamides is 1. The molecular weight excluding hydrogens is 398 g/mol. The summed E-state index contributed by atoms with van der Waals surface area (Å²) < 4.78 is 34.5. The molecule has 3 aromatic rings. The first kappa shape index (κ1) is 20.8. The molecule has 6 nitrogen and oxygen atoms in total. The lowest BCUT2D eigenvalue weighted by atomic mass is 10.0. The number of rotatable bonds is 4. The van der Waals surface area contributed by atoms with E-state index in [2.05, 4.69) is 10.1 Å². The van der Waals surface area contributed by atoms with Gasteiger partial charge in [0, 0.05) is 12.1 Å². The van der Waals surface area contributed by atoms with Crippen LogP contribution >= 0.6 is 0 Å². The van der Waals surface area contributed by atoms with Crippen molar-refractivity contribution in [3.63, 3.8) is 0 Å². The number of nitrogens with zero attached hydrogens (tertiary/aromatic N) is 3. The first-order valence-corrected chi connectivity index (χ1v) is 11.6. The molecule has 1 aliphatic heterocycles. The maximum Gasteiger partial charge on any atom is 0.245 e. The summed E-state index contributed by atoms with van der Waals surface area (Å²) in [4.78, 5) is 4.96. The molecule has 0 radical (unpaired) electrons. The van der Waals surface area contributed by atoms with E-state index in [0.29, 0.717) is 29.6 Å². The maximum atomic E-state index is 13.7. The van der Waals surface area contributed by atoms with Gasteiger partial charge in [-0.2, -0.15) is 9.29 Å². The predicted molar refractivity (Wildman–Crippen MR) is 116 cm³/mol. The van der Waals surface area contributed by atoms with E-state index in [1.165, 1.54) is 4.31 Å². The predicted octanol–water partition coefficient (Wildman–Crippen LogP) is 4.80. The monoisotopic (exact) mass is 425 g/mol. The first-order chi connectivity index (χ1) is 14.2. The van der Waals surface area contributed by atoms with E-state index >= 15 is 0 Å². The minimum absolute atomic E-state index is 0.354. The summed E-state index contributed by atoms with van der Waals surface area (Å²) in [6.45, 7) is 10.1. The molecule has 1 aliphatic rings. The zero-order chi connectivity index (χ0) is 21.6. The van der Waals surface area contributed by atoms with E-state index in [-0.39, 0.29) is 0 Å². The van der Waals surface area contributed by atoms with Gasteiger partial charge in [0.05, 0.1) is 4.90 Å². The molecule has 0 unspecified atom stereocenters. The van der Waals surface area contributed by atoms with Crippen LogP contribution in [0.15, 0.2) is 39.8 Å². The quantitative estimate of drug-likeness (QED) is 0.600. The molecule has 0 N–H and O–H groups in total. The van der Waals surface area contributed by atoms with Gasteiger partial charge in [0.15, 0.2) is 0 Å². The van der Waals surface area contributed by atoms with Crippen LogP contribution in [0.3, 0.4) is 0 Å². The third kappa shape index (κ3) is 3.46. The van der Waals surface area contributed by atoms with E-state index in [4.69, 9.17) is 4.52 Å². The van der Waals surface area contributed by atoms with Gasteiger partial charge in [-0.05, 0) is 75.8 Å². The maximum absolute atomic E-state index is 13.7. The number of hydrogen-bond acceptors (Lipinski definition) is 5. The van der Waals surface area contributed by atoms with E-state index < -0.39 is 16.1 Å². The average Bonchev–Trinajstić information content (AvgIpc) is 3.36. The van der Waals surface area contributed by atoms with Crippen molar-refractivity contribution in [1.29, 1.82) is 0 Å². The lowest BCUT2D eigenvalue weighted by Gasteiger charge is -2.25. The van der Waals surface area contributed by atoms with Crippen LogP contribution in [-0.4, -0.2) is 29.4 Å². The zero-order valence-corrected chi connectivity index (χ0v) is 18.9. The fourth-order valence-corrected chi connectivity index (χ4v) is 6.46. The second kappa shape index (κ2) is 7.63. The molecular formula is C23H27N3O3S. The van der Waals surface area contributed by atoms with Crippen molar-refractivity contribution in [1.82, 2.24) is 14.4 Å². The average molecular weight is 426 g/mol. The second-order valence-electron chi connectivity index (χ2n) is 8.19. The fourth-order valence-electron chi connectivity index (χ4n) is 4.23. The standard InChI is InChI=1S/C23H27N3O3S/c1-14-8-6-9-19(12-14)22-24-23(29-25-22)20-10-7-11-26(20)30(27,28)21-17(4)15(2)13-16(3)18(21)5/h6,8-9,12-13,20H,7,10-11H2,1-5H3/t20-/m0/s1. The summed E-state index contributed by atoms with van der Waals surface area (Å²) in [5.74, 6) is 0.837. The van der Waals surface area contributed by atoms with Gasteiger partial charge in [0.25, 0.3) is 0 Å². The van der Waals surface area contributed by atoms with Crippen molar-refractivity contribution < 1.29 is 12.9 Å². The van der Waals surface area contributed by atoms with Crippen LogP contribution in [-0.2, 0) is 10.0 Å². The Balaban J connectivity index is 1.73. The van der Waals surface area contributed by atoms with E-state index in [1.807, 2.05) is 65.0 Å². The van der Waals surface area contributed by atoms with Crippen LogP contribution in [0.1, 0.15) is 52.6 Å². The largest absolute Gasteiger partial charge is 0.337 e. The Bertz CT molecular complexity index is 1190. The first-order valence-electron chi connectivity index (χ1n) is 10.2. The van der Waals surface area contributed by atoms with Crippen LogP contribution < -0.4 is 0 Å². The van der Waals surface area contributed by atoms with Crippen molar-refractivity contribution in [3.8, 4) is 11.4 Å². The molecule has 1 fully saturated rings. The van der Waals surface area contributed by atoms with Crippen LogP contribution in [0.25, 0.3) is 11.4 Å². The zero-order valence-electron chi connectivity index (χ0n) is 18.1. The summed E-state index contributed by atoms with van der Waals surface area (Å²) in [5, 5.41) is 4.12. The van der Waals surface area contributed by atoms with E-state index in [0.717, 1.165) is 39.8 Å². The Hall–Kier alpha value is -2.51. The molecule has 0 bridgehead atoms. The minimum Gasteiger partial charge on any atom is -0.337 e. The van der Waals surface area contributed by atoms with Crippen LogP contribution in [0.5, 0.6) is 0 Å². The van der Waals surface area contributed by atoms with Crippen LogP contribution in [0.4, 0.5) is 0 Å². The highest BCUT2D eigenvalue weighted by molar-refractivity contribution is 7.89. The van der Waals surface area contributed by atoms with Gasteiger partial charge >= 0.3 is 0 Å². The van der Waals surface area contributed by atoms with Crippen LogP contribution in [0, 0.1) is 34.6 Å². The molecule has 7 heteroatoms. The molecule has 0 saturated carbocycles. The Kier molecular flexibility index (Phi) is 5.28. The normalized spacial score (nSPS) is 17.6. The topological polar surface area (TPSA) is 76.3 Å². The third-order valence-corrected chi connectivity index (χ3v) is 8.25. The van der Waals surface area contributed by atoms with Gasteiger partial charge < -0.3 is 4.52 Å². The number of aryl methyl sites for hydroxylation is 3. The SMILES string of the molecule is Cc1cccc(-c2noc([C@@H]3CCCN3S(=O)(=O)c3c(C)c(C)cc(C)c3C)n2)c1. The summed E-state index contributed by atoms with van der Waals surface area (Å²) in [7, 11) is -3.70. The molecule has 0 aliphatic carbocycles. The lowest BCUT2D eigenvalue weighted by Crippen LogP contribution is -2.32. The van der Waals surface area contributed by atoms with Gasteiger partial charge in [0.1, 0.15) is 6.04 Å². The van der Waals surface area contributed by atoms with Crippen molar-refractivity contribution in [2.45, 2.75) is 58.4 Å². The number of benzene rings is 2. The third-order valence-electron chi connectivity index (χ3n) is 6.07. The molecule has 158 valence electrons. The summed E-state index contributed by atoms with van der Waals surface area (Å²) in [5.41, 5.74) is 5.52. The van der Waals surface area contributed by atoms with Crippen molar-refractivity contribution in [2.24, 2.45) is 0 Å². The molecule has 30 heavy (non-hydrogen) atoms. The Morgan fingerprint density at radius 2 is 1.73 bits per heavy atom. The van der Waals surface area contributed by atoms with Gasteiger partial charge in [-0.3, -0.25) is 0 Å². The van der Waals surface area contributed by atoms with Crippen molar-refractivity contribution in [3.05, 3.63) is 64.0 Å². The molecule has 2 heterocycles. The minimum atomic E-state index is -3.70. The van der Waals surface area contributed by atoms with Gasteiger partial charge in [-0.15, -0.1) is 0 Å². The van der Waals surface area contributed by atoms with Gasteiger partial charge in [-0.1, -0.05) is 35.0 Å². The van der Waals surface area contributed by atoms with Crippen LogP contribution in [0.2, 0.25) is 0 Å². The summed E-state index contributed by atoms with van der Waals surface area (Å²) in [6.07, 6.45) is 1.42. The molecule has 2 aromatic carbocycles. The molecule has 1 atom stereocenters. The molecule has 1 saturated heterocycles. The van der Waals surface area contributed by atoms with Crippen molar-refractivity contribution in [2.75, 3.05) is 6.54 Å². The molecule has 4 rings (SSSR count). The summed E-state index contributed by atoms with van der Waals surface area (Å²) >= 11 is 0. The Morgan fingerprint density at radius 3 is 2.40 bits per heavy atom. The number of hydrogen-bond donors (Lipinski definition) is 0. The smallest absolute Gasteiger partial charge is 0.245 e. The highest BCUT2D eigenvalue weighted by atomic mass is 32.2. The van der Waals surface area contributed by atoms with E-state index in [9.17, 15) is 8.42 Å². The van der Waals surface area contributed by atoms with Gasteiger partial charge in [-0.25, -0.2) is 8.42 Å². The lowest BCUT2D eigenvalue weighted by molar-refractivity contribution is 0.290. The number of aromatic nitrogens is 2. The van der Waals surface area contributed by atoms with Gasteiger partial charge in [0.2, 0.25) is 21.7 Å². The Morgan fingerprint density at radius 1 is 1.03 bits per heavy atom. The molecule has 0 spiro atoms. The molecule has 1 aromatic heterocycles. The summed E-state index contributed by atoms with van der Waals surface area (Å²) in [6, 6.07) is 9.45. The molecule has 0 amide bonds.